The lowest BCUT2D eigenvalue weighted by molar-refractivity contribution is -0.122. The standard InChI is InChI=1S/C20H21NO4/c1-13-8-9-16(11-18(13)24-3)20(23)25-12-19(22)21-14(2)10-15-6-4-5-7-17(15)21/h4-9,11,14H,10,12H2,1-3H3/t14-/m1/s1. The number of anilines is 1. The van der Waals surface area contributed by atoms with Gasteiger partial charge in [-0.05, 0) is 49.6 Å². The molecule has 1 atom stereocenters. The van der Waals surface area contributed by atoms with Gasteiger partial charge < -0.3 is 14.4 Å². The van der Waals surface area contributed by atoms with Gasteiger partial charge in [-0.2, -0.15) is 0 Å². The second kappa shape index (κ2) is 6.97. The van der Waals surface area contributed by atoms with Crippen molar-refractivity contribution in [1.29, 1.82) is 0 Å². The molecule has 0 aromatic heterocycles. The van der Waals surface area contributed by atoms with Gasteiger partial charge in [-0.25, -0.2) is 4.79 Å². The molecule has 2 aromatic carbocycles. The summed E-state index contributed by atoms with van der Waals surface area (Å²) in [4.78, 5) is 26.5. The summed E-state index contributed by atoms with van der Waals surface area (Å²) in [5.41, 5.74) is 3.33. The summed E-state index contributed by atoms with van der Waals surface area (Å²) < 4.78 is 10.4. The average molecular weight is 339 g/mol. The number of benzene rings is 2. The monoisotopic (exact) mass is 339 g/mol. The third-order valence-corrected chi connectivity index (χ3v) is 4.45. The number of amides is 1. The maximum atomic E-state index is 12.6. The van der Waals surface area contributed by atoms with Crippen molar-refractivity contribution in [2.45, 2.75) is 26.3 Å². The van der Waals surface area contributed by atoms with Crippen LogP contribution in [0.25, 0.3) is 0 Å². The first-order valence-electron chi connectivity index (χ1n) is 8.23. The normalized spacial score (nSPS) is 15.6. The van der Waals surface area contributed by atoms with Gasteiger partial charge in [0.15, 0.2) is 6.61 Å². The zero-order valence-corrected chi connectivity index (χ0v) is 14.6. The molecule has 3 rings (SSSR count). The Balaban J connectivity index is 1.67. The zero-order chi connectivity index (χ0) is 18.0. The van der Waals surface area contributed by atoms with Gasteiger partial charge in [0.25, 0.3) is 5.91 Å². The van der Waals surface area contributed by atoms with Crippen molar-refractivity contribution in [3.63, 3.8) is 0 Å². The number of rotatable bonds is 4. The second-order valence-electron chi connectivity index (χ2n) is 6.21. The minimum Gasteiger partial charge on any atom is -0.496 e. The van der Waals surface area contributed by atoms with E-state index in [0.29, 0.717) is 11.3 Å². The molecule has 0 bridgehead atoms. The molecule has 5 heteroatoms. The molecule has 0 saturated carbocycles. The molecule has 1 aliphatic heterocycles. The van der Waals surface area contributed by atoms with Crippen LogP contribution in [0.2, 0.25) is 0 Å². The molecule has 0 N–H and O–H groups in total. The number of aryl methyl sites for hydroxylation is 1. The number of hydrogen-bond acceptors (Lipinski definition) is 4. The van der Waals surface area contributed by atoms with Crippen molar-refractivity contribution < 1.29 is 19.1 Å². The molecule has 0 aliphatic carbocycles. The molecule has 5 nitrogen and oxygen atoms in total. The van der Waals surface area contributed by atoms with E-state index in [0.717, 1.165) is 23.2 Å². The Bertz CT molecular complexity index is 815. The third kappa shape index (κ3) is 3.36. The Hall–Kier alpha value is -2.82. The van der Waals surface area contributed by atoms with Crippen LogP contribution in [0.5, 0.6) is 5.75 Å². The predicted molar refractivity (Wildman–Crippen MR) is 95.1 cm³/mol. The van der Waals surface area contributed by atoms with Gasteiger partial charge in [0.05, 0.1) is 12.7 Å². The number of para-hydroxylation sites is 1. The minimum absolute atomic E-state index is 0.0584. The fourth-order valence-corrected chi connectivity index (χ4v) is 3.17. The first-order valence-corrected chi connectivity index (χ1v) is 8.23. The topological polar surface area (TPSA) is 55.8 Å². The predicted octanol–water partition coefficient (Wildman–Crippen LogP) is 3.14. The number of fused-ring (bicyclic) bond motifs is 1. The minimum atomic E-state index is -0.535. The van der Waals surface area contributed by atoms with Crippen molar-refractivity contribution in [2.24, 2.45) is 0 Å². The number of ether oxygens (including phenoxy) is 2. The van der Waals surface area contributed by atoms with E-state index in [9.17, 15) is 9.59 Å². The van der Waals surface area contributed by atoms with Crippen LogP contribution in [0.1, 0.15) is 28.4 Å². The van der Waals surface area contributed by atoms with E-state index >= 15 is 0 Å². The first-order chi connectivity index (χ1) is 12.0. The molecule has 2 aromatic rings. The van der Waals surface area contributed by atoms with Crippen LogP contribution in [0, 0.1) is 6.92 Å². The first kappa shape index (κ1) is 17.0. The van der Waals surface area contributed by atoms with Gasteiger partial charge in [-0.3, -0.25) is 4.79 Å². The number of nitrogens with zero attached hydrogens (tertiary/aromatic N) is 1. The molecule has 130 valence electrons. The van der Waals surface area contributed by atoms with E-state index in [1.54, 1.807) is 30.2 Å². The quantitative estimate of drug-likeness (QED) is 0.803. The van der Waals surface area contributed by atoms with Gasteiger partial charge in [0.2, 0.25) is 0 Å². The highest BCUT2D eigenvalue weighted by Crippen LogP contribution is 2.31. The Morgan fingerprint density at radius 1 is 1.20 bits per heavy atom. The van der Waals surface area contributed by atoms with Crippen LogP contribution in [0.4, 0.5) is 5.69 Å². The number of carbonyl (C=O) groups is 2. The molecule has 1 heterocycles. The molecule has 0 unspecified atom stereocenters. The second-order valence-corrected chi connectivity index (χ2v) is 6.21. The van der Waals surface area contributed by atoms with Crippen molar-refractivity contribution in [3.05, 3.63) is 59.2 Å². The molecule has 1 aliphatic rings. The lowest BCUT2D eigenvalue weighted by Gasteiger charge is -2.22. The molecular formula is C20H21NO4. The SMILES string of the molecule is COc1cc(C(=O)OCC(=O)N2c3ccccc3C[C@H]2C)ccc1C. The van der Waals surface area contributed by atoms with E-state index in [-0.39, 0.29) is 18.6 Å². The lowest BCUT2D eigenvalue weighted by Crippen LogP contribution is -2.38. The highest BCUT2D eigenvalue weighted by Gasteiger charge is 2.31. The van der Waals surface area contributed by atoms with Crippen LogP contribution in [-0.2, 0) is 16.0 Å². The number of methoxy groups -OCH3 is 1. The number of hydrogen-bond donors (Lipinski definition) is 0. The van der Waals surface area contributed by atoms with Crippen molar-refractivity contribution in [2.75, 3.05) is 18.6 Å². The summed E-state index contributed by atoms with van der Waals surface area (Å²) >= 11 is 0. The molecule has 0 saturated heterocycles. The molecule has 25 heavy (non-hydrogen) atoms. The molecule has 0 fully saturated rings. The summed E-state index contributed by atoms with van der Waals surface area (Å²) in [5, 5.41) is 0. The highest BCUT2D eigenvalue weighted by atomic mass is 16.5. The van der Waals surface area contributed by atoms with Gasteiger partial charge in [0, 0.05) is 11.7 Å². The summed E-state index contributed by atoms with van der Waals surface area (Å²) in [6.45, 7) is 3.60. The Labute approximate surface area is 147 Å². The average Bonchev–Trinajstić information content (AvgIpc) is 2.95. The fraction of sp³-hybridized carbons (Fsp3) is 0.300. The van der Waals surface area contributed by atoms with Gasteiger partial charge in [-0.1, -0.05) is 24.3 Å². The van der Waals surface area contributed by atoms with E-state index in [1.807, 2.05) is 38.1 Å². The highest BCUT2D eigenvalue weighted by molar-refractivity contribution is 5.99. The summed E-state index contributed by atoms with van der Waals surface area (Å²) in [7, 11) is 1.55. The molecule has 0 radical (unpaired) electrons. The van der Waals surface area contributed by atoms with Gasteiger partial charge >= 0.3 is 5.97 Å². The Morgan fingerprint density at radius 2 is 1.96 bits per heavy atom. The Morgan fingerprint density at radius 3 is 2.72 bits per heavy atom. The number of esters is 1. The molecule has 1 amide bonds. The van der Waals surface area contributed by atoms with Crippen LogP contribution < -0.4 is 9.64 Å². The summed E-state index contributed by atoms with van der Waals surface area (Å²) in [6, 6.07) is 12.9. The smallest absolute Gasteiger partial charge is 0.338 e. The van der Waals surface area contributed by atoms with Crippen molar-refractivity contribution >= 4 is 17.6 Å². The van der Waals surface area contributed by atoms with Crippen LogP contribution in [-0.4, -0.2) is 31.6 Å². The lowest BCUT2D eigenvalue weighted by atomic mass is 10.1. The van der Waals surface area contributed by atoms with Gasteiger partial charge in [-0.15, -0.1) is 0 Å². The summed E-state index contributed by atoms with van der Waals surface area (Å²) in [6.07, 6.45) is 0.811. The maximum Gasteiger partial charge on any atom is 0.338 e. The van der Waals surface area contributed by atoms with Crippen molar-refractivity contribution in [3.8, 4) is 5.75 Å². The Kier molecular flexibility index (Phi) is 4.74. The van der Waals surface area contributed by atoms with Crippen LogP contribution in [0.3, 0.4) is 0 Å². The van der Waals surface area contributed by atoms with Gasteiger partial charge in [0.1, 0.15) is 5.75 Å². The van der Waals surface area contributed by atoms with Crippen molar-refractivity contribution in [1.82, 2.24) is 0 Å². The molecule has 0 spiro atoms. The van der Waals surface area contributed by atoms with E-state index in [2.05, 4.69) is 0 Å². The van der Waals surface area contributed by atoms with E-state index < -0.39 is 5.97 Å². The zero-order valence-electron chi connectivity index (χ0n) is 14.6. The number of carbonyl (C=O) groups excluding carboxylic acids is 2. The molecular weight excluding hydrogens is 318 g/mol. The third-order valence-electron chi connectivity index (χ3n) is 4.45. The van der Waals surface area contributed by atoms with Crippen LogP contribution >= 0.6 is 0 Å². The van der Waals surface area contributed by atoms with Crippen LogP contribution in [0.15, 0.2) is 42.5 Å². The fourth-order valence-electron chi connectivity index (χ4n) is 3.17. The van der Waals surface area contributed by atoms with E-state index in [1.165, 1.54) is 0 Å². The van der Waals surface area contributed by atoms with E-state index in [4.69, 9.17) is 9.47 Å². The maximum absolute atomic E-state index is 12.6. The largest absolute Gasteiger partial charge is 0.496 e. The summed E-state index contributed by atoms with van der Waals surface area (Å²) in [5.74, 6) is -0.139.